The van der Waals surface area contributed by atoms with E-state index in [4.69, 9.17) is 0 Å². The molecule has 8 rings (SSSR count). The van der Waals surface area contributed by atoms with Crippen LogP contribution in [-0.2, 0) is 6.42 Å². The molecule has 7 aromatic rings. The third-order valence-corrected chi connectivity index (χ3v) is 15.5. The summed E-state index contributed by atoms with van der Waals surface area (Å²) in [6.45, 7) is 0. The van der Waals surface area contributed by atoms with E-state index >= 15 is 0 Å². The van der Waals surface area contributed by atoms with Crippen LogP contribution in [0.25, 0.3) is 27.6 Å². The summed E-state index contributed by atoms with van der Waals surface area (Å²) in [7, 11) is -0.832. The second kappa shape index (κ2) is 13.7. The zero-order valence-corrected chi connectivity index (χ0v) is 33.7. The van der Waals surface area contributed by atoms with E-state index < -0.39 is 22.9 Å². The maximum atomic E-state index is 2.48. The standard InChI is InChI=1S/C48H48N2SSe/c1-51(2,3)39-29-25-37(26-30-39)49(35-17-9-7-10-18-35)47-33-45-42-22-14-16-24-44(42)48(34-46(45)41-21-13-15-23-43(41)47)50(36-19-11-8-12-20-36)38-27-31-40(32-28-38)52(4,5)6/h7-14,16-22,24-34H,15,23H2,1-6H3. The van der Waals surface area contributed by atoms with Crippen molar-refractivity contribution in [1.82, 2.24) is 0 Å². The minimum atomic E-state index is -1.64. The molecule has 0 saturated carbocycles. The molecule has 2 nitrogen and oxygen atoms in total. The molecule has 0 heterocycles. The third kappa shape index (κ3) is 6.45. The van der Waals surface area contributed by atoms with E-state index in [0.717, 1.165) is 18.5 Å². The Bertz CT molecular complexity index is 2400. The Morgan fingerprint density at radius 3 is 1.58 bits per heavy atom. The number of hydrogen-bond donors (Lipinski definition) is 0. The van der Waals surface area contributed by atoms with Gasteiger partial charge in [0.1, 0.15) is 0 Å². The van der Waals surface area contributed by atoms with Crippen molar-refractivity contribution in [2.75, 3.05) is 28.6 Å². The zero-order chi connectivity index (χ0) is 36.0. The molecule has 0 N–H and O–H groups in total. The maximum Gasteiger partial charge on any atom is -0.0370 e. The van der Waals surface area contributed by atoms with E-state index in [-0.39, 0.29) is 0 Å². The zero-order valence-electron chi connectivity index (χ0n) is 31.1. The van der Waals surface area contributed by atoms with E-state index in [1.54, 1.807) is 0 Å². The molecule has 0 bridgehead atoms. The van der Waals surface area contributed by atoms with Crippen LogP contribution in [0.1, 0.15) is 17.5 Å². The summed E-state index contributed by atoms with van der Waals surface area (Å²) in [5, 5.41) is 5.07. The van der Waals surface area contributed by atoms with Gasteiger partial charge in [-0.1, -0.05) is 18.2 Å². The third-order valence-electron chi connectivity index (χ3n) is 10.2. The number of fused-ring (bicyclic) bond motifs is 5. The van der Waals surface area contributed by atoms with Crippen molar-refractivity contribution in [3.63, 3.8) is 0 Å². The van der Waals surface area contributed by atoms with Gasteiger partial charge in [-0.3, -0.25) is 0 Å². The van der Waals surface area contributed by atoms with Crippen molar-refractivity contribution in [2.24, 2.45) is 0 Å². The van der Waals surface area contributed by atoms with Crippen molar-refractivity contribution < 1.29 is 0 Å². The van der Waals surface area contributed by atoms with Gasteiger partial charge in [0.25, 0.3) is 0 Å². The van der Waals surface area contributed by atoms with Gasteiger partial charge in [0.2, 0.25) is 0 Å². The summed E-state index contributed by atoms with van der Waals surface area (Å²) in [4.78, 5) is 6.36. The second-order valence-electron chi connectivity index (χ2n) is 15.3. The Morgan fingerprint density at radius 2 is 1.00 bits per heavy atom. The van der Waals surface area contributed by atoms with Crippen LogP contribution in [0.4, 0.5) is 34.1 Å². The molecule has 262 valence electrons. The molecule has 0 unspecified atom stereocenters. The largest absolute Gasteiger partial charge is 0.0480 e. The van der Waals surface area contributed by atoms with Crippen LogP contribution in [-0.4, -0.2) is 31.6 Å². The van der Waals surface area contributed by atoms with Crippen molar-refractivity contribution in [1.29, 1.82) is 0 Å². The average molecular weight is 764 g/mol. The molecule has 0 fully saturated rings. The average Bonchev–Trinajstić information content (AvgIpc) is 3.16. The predicted octanol–water partition coefficient (Wildman–Crippen LogP) is 13.5. The van der Waals surface area contributed by atoms with Gasteiger partial charge in [0.15, 0.2) is 0 Å². The topological polar surface area (TPSA) is 6.48 Å². The van der Waals surface area contributed by atoms with E-state index in [9.17, 15) is 0 Å². The summed E-state index contributed by atoms with van der Waals surface area (Å²) in [6, 6.07) is 54.4. The van der Waals surface area contributed by atoms with Crippen LogP contribution in [0.15, 0.2) is 157 Å². The fourth-order valence-corrected chi connectivity index (χ4v) is 10.5. The van der Waals surface area contributed by atoms with E-state index in [1.807, 2.05) is 0 Å². The quantitative estimate of drug-likeness (QED) is 0.112. The molecule has 1 aliphatic rings. The fourth-order valence-electron chi connectivity index (χ4n) is 7.56. The summed E-state index contributed by atoms with van der Waals surface area (Å²) in [5.41, 5.74) is 9.88. The molecule has 1 aliphatic carbocycles. The summed E-state index contributed by atoms with van der Waals surface area (Å²) in [5.74, 6) is 7.30. The molecular weight excluding hydrogens is 716 g/mol. The summed E-state index contributed by atoms with van der Waals surface area (Å²) < 4.78 is 1.49. The Morgan fingerprint density at radius 1 is 0.500 bits per heavy atom. The Balaban J connectivity index is 1.40. The molecule has 0 aromatic heterocycles. The normalized spacial score (nSPS) is 13.6. The SMILES string of the molecule is CS(C)(C)c1ccc(N(c2ccccc2)c2cc3c(cc(N(c4ccccc4)c4ccc([Se](C)(C)C)cc4)c4ccccc43)c3c2CCC=C3)cc1. The van der Waals surface area contributed by atoms with Gasteiger partial charge in [-0.05, 0) is 60.1 Å². The number of rotatable bonds is 8. The Kier molecular flexibility index (Phi) is 9.04. The molecule has 0 saturated heterocycles. The van der Waals surface area contributed by atoms with Crippen molar-refractivity contribution in [3.8, 4) is 0 Å². The van der Waals surface area contributed by atoms with Crippen LogP contribution in [0.2, 0.25) is 17.5 Å². The van der Waals surface area contributed by atoms with Gasteiger partial charge >= 0.3 is 216 Å². The number of anilines is 6. The van der Waals surface area contributed by atoms with Crippen LogP contribution in [0.5, 0.6) is 0 Å². The smallest absolute Gasteiger partial charge is 0.0370 e. The second-order valence-corrected chi connectivity index (χ2v) is 28.1. The number of benzene rings is 7. The minimum Gasteiger partial charge on any atom is -0.0480 e. The monoisotopic (exact) mass is 764 g/mol. The molecule has 0 amide bonds. The first-order chi connectivity index (χ1) is 25.1. The molecule has 0 aliphatic heterocycles. The first-order valence-corrected chi connectivity index (χ1v) is 26.9. The van der Waals surface area contributed by atoms with Crippen molar-refractivity contribution in [2.45, 2.75) is 35.2 Å². The number of allylic oxidation sites excluding steroid dienone is 1. The molecular formula is C48H48N2SSe. The molecule has 0 spiro atoms. The first-order valence-electron chi connectivity index (χ1n) is 18.0. The number of para-hydroxylation sites is 2. The molecule has 0 atom stereocenters. The van der Waals surface area contributed by atoms with Crippen LogP contribution >= 0.6 is 10.0 Å². The minimum absolute atomic E-state index is 0.832. The number of hydrogen-bond acceptors (Lipinski definition) is 2. The van der Waals surface area contributed by atoms with Crippen LogP contribution < -0.4 is 14.3 Å². The Labute approximate surface area is 314 Å². The maximum absolute atomic E-state index is 2.48. The first kappa shape index (κ1) is 34.4. The van der Waals surface area contributed by atoms with Gasteiger partial charge in [-0.2, -0.15) is 0 Å². The van der Waals surface area contributed by atoms with Gasteiger partial charge in [-0.15, -0.1) is 0 Å². The van der Waals surface area contributed by atoms with Crippen LogP contribution in [0.3, 0.4) is 0 Å². The number of nitrogens with zero attached hydrogens (tertiary/aromatic N) is 2. The molecule has 4 heteroatoms. The Hall–Kier alpha value is -4.73. The van der Waals surface area contributed by atoms with Gasteiger partial charge in [0.05, 0.1) is 0 Å². The van der Waals surface area contributed by atoms with Crippen molar-refractivity contribution >= 4 is 89.1 Å². The van der Waals surface area contributed by atoms with E-state index in [1.165, 1.54) is 70.5 Å². The predicted molar refractivity (Wildman–Crippen MR) is 235 cm³/mol. The summed E-state index contributed by atoms with van der Waals surface area (Å²) >= 11 is -1.64. The fraction of sp³-hybridized carbons (Fsp3) is 0.167. The van der Waals surface area contributed by atoms with Crippen LogP contribution in [0, 0.1) is 0 Å². The van der Waals surface area contributed by atoms with Gasteiger partial charge in [0, 0.05) is 11.4 Å². The van der Waals surface area contributed by atoms with E-state index in [0.29, 0.717) is 0 Å². The molecule has 52 heavy (non-hydrogen) atoms. The van der Waals surface area contributed by atoms with Gasteiger partial charge < -0.3 is 0 Å². The van der Waals surface area contributed by atoms with Crippen molar-refractivity contribution in [3.05, 3.63) is 163 Å². The molecule has 7 aromatic carbocycles. The summed E-state index contributed by atoms with van der Waals surface area (Å²) in [6.07, 6.45) is 13.9. The molecule has 0 radical (unpaired) electrons. The van der Waals surface area contributed by atoms with E-state index in [2.05, 4.69) is 204 Å². The van der Waals surface area contributed by atoms with Gasteiger partial charge in [-0.25, -0.2) is 10.0 Å².